The lowest BCUT2D eigenvalue weighted by atomic mass is 10.1. The van der Waals surface area contributed by atoms with E-state index in [1.807, 2.05) is 32.0 Å². The van der Waals surface area contributed by atoms with Gasteiger partial charge in [0.1, 0.15) is 19.6 Å². The molecule has 4 heteroatoms. The maximum Gasteiger partial charge on any atom is 0.289 e. The van der Waals surface area contributed by atoms with Crippen LogP contribution in [0.2, 0.25) is 0 Å². The van der Waals surface area contributed by atoms with E-state index in [2.05, 4.69) is 48.5 Å². The van der Waals surface area contributed by atoms with E-state index in [-0.39, 0.29) is 5.91 Å². The highest BCUT2D eigenvalue weighted by molar-refractivity contribution is 5.91. The summed E-state index contributed by atoms with van der Waals surface area (Å²) in [4.78, 5) is 15.7. The number of carbonyl (C=O) groups is 1. The highest BCUT2D eigenvalue weighted by Gasteiger charge is 2.19. The Morgan fingerprint density at radius 2 is 1.32 bits per heavy atom. The van der Waals surface area contributed by atoms with Crippen LogP contribution in [0.25, 0.3) is 0 Å². The Kier molecular flexibility index (Phi) is 7.04. The Morgan fingerprint density at radius 3 is 1.82 bits per heavy atom. The molecule has 146 valence electrons. The van der Waals surface area contributed by atoms with Crippen LogP contribution in [-0.4, -0.2) is 23.9 Å². The first-order chi connectivity index (χ1) is 13.7. The molecule has 3 aromatic rings. The summed E-state index contributed by atoms with van der Waals surface area (Å²) >= 11 is 0. The Hall–Kier alpha value is -2.85. The van der Waals surface area contributed by atoms with Gasteiger partial charge in [-0.05, 0) is 26.0 Å². The molecule has 0 bridgehead atoms. The second-order valence-corrected chi connectivity index (χ2v) is 6.99. The standard InChI is InChI=1S/C24H28N2O2/c1-3-26(4-2)24(27)23-16-15-22(28-23)19-25(17-20-11-7-5-8-12-20)18-21-13-9-6-10-14-21/h5-16H,3-4,17-19H2,1-2H3/p+1. The zero-order valence-electron chi connectivity index (χ0n) is 16.7. The minimum Gasteiger partial charge on any atom is -0.450 e. The zero-order valence-corrected chi connectivity index (χ0v) is 16.7. The fourth-order valence-electron chi connectivity index (χ4n) is 3.46. The highest BCUT2D eigenvalue weighted by atomic mass is 16.4. The second kappa shape index (κ2) is 9.90. The molecule has 28 heavy (non-hydrogen) atoms. The summed E-state index contributed by atoms with van der Waals surface area (Å²) in [6.45, 7) is 7.87. The van der Waals surface area contributed by atoms with E-state index in [9.17, 15) is 4.79 Å². The van der Waals surface area contributed by atoms with Crippen LogP contribution >= 0.6 is 0 Å². The molecule has 4 nitrogen and oxygen atoms in total. The van der Waals surface area contributed by atoms with Crippen LogP contribution in [0.4, 0.5) is 0 Å². The van der Waals surface area contributed by atoms with E-state index in [0.29, 0.717) is 18.8 Å². The molecule has 0 spiro atoms. The van der Waals surface area contributed by atoms with Crippen molar-refractivity contribution in [2.75, 3.05) is 13.1 Å². The smallest absolute Gasteiger partial charge is 0.289 e. The predicted molar refractivity (Wildman–Crippen MR) is 111 cm³/mol. The summed E-state index contributed by atoms with van der Waals surface area (Å²) in [6, 6.07) is 24.7. The molecular weight excluding hydrogens is 348 g/mol. The van der Waals surface area contributed by atoms with E-state index in [1.165, 1.54) is 16.0 Å². The van der Waals surface area contributed by atoms with Crippen molar-refractivity contribution in [3.05, 3.63) is 95.4 Å². The SMILES string of the molecule is CCN(CC)C(=O)c1ccc(C[NH+](Cc2ccccc2)Cc2ccccc2)o1. The molecule has 0 radical (unpaired) electrons. The summed E-state index contributed by atoms with van der Waals surface area (Å²) < 4.78 is 5.92. The average Bonchev–Trinajstić information content (AvgIpc) is 3.19. The number of nitrogens with zero attached hydrogens (tertiary/aromatic N) is 1. The van der Waals surface area contributed by atoms with Crippen LogP contribution in [0.5, 0.6) is 0 Å². The topological polar surface area (TPSA) is 37.9 Å². The number of carbonyl (C=O) groups excluding carboxylic acids is 1. The Bertz CT molecular complexity index is 813. The maximum absolute atomic E-state index is 12.5. The number of benzene rings is 2. The fourth-order valence-corrected chi connectivity index (χ4v) is 3.46. The summed E-state index contributed by atoms with van der Waals surface area (Å²) in [5.41, 5.74) is 2.58. The molecule has 1 amide bonds. The molecule has 0 saturated heterocycles. The molecule has 0 unspecified atom stereocenters. The van der Waals surface area contributed by atoms with Crippen molar-refractivity contribution in [2.24, 2.45) is 0 Å². The van der Waals surface area contributed by atoms with Crippen LogP contribution < -0.4 is 4.90 Å². The maximum atomic E-state index is 12.5. The third kappa shape index (κ3) is 5.33. The van der Waals surface area contributed by atoms with Gasteiger partial charge in [-0.25, -0.2) is 0 Å². The average molecular weight is 378 g/mol. The van der Waals surface area contributed by atoms with E-state index in [4.69, 9.17) is 4.42 Å². The first-order valence-corrected chi connectivity index (χ1v) is 9.99. The van der Waals surface area contributed by atoms with Crippen molar-refractivity contribution in [2.45, 2.75) is 33.5 Å². The molecule has 1 heterocycles. The van der Waals surface area contributed by atoms with E-state index in [1.54, 1.807) is 11.0 Å². The number of hydrogen-bond acceptors (Lipinski definition) is 2. The Morgan fingerprint density at radius 1 is 0.786 bits per heavy atom. The van der Waals surface area contributed by atoms with Gasteiger partial charge < -0.3 is 14.2 Å². The third-order valence-electron chi connectivity index (χ3n) is 4.94. The number of hydrogen-bond donors (Lipinski definition) is 1. The van der Waals surface area contributed by atoms with Crippen molar-refractivity contribution < 1.29 is 14.1 Å². The van der Waals surface area contributed by atoms with Gasteiger partial charge in [-0.15, -0.1) is 0 Å². The van der Waals surface area contributed by atoms with Crippen molar-refractivity contribution >= 4 is 5.91 Å². The van der Waals surface area contributed by atoms with Crippen LogP contribution in [0.3, 0.4) is 0 Å². The molecule has 0 aliphatic carbocycles. The number of amides is 1. The summed E-state index contributed by atoms with van der Waals surface area (Å²) in [5.74, 6) is 1.23. The van der Waals surface area contributed by atoms with Crippen LogP contribution in [0.1, 0.15) is 41.3 Å². The van der Waals surface area contributed by atoms with E-state index in [0.717, 1.165) is 25.4 Å². The largest absolute Gasteiger partial charge is 0.450 e. The number of rotatable bonds is 9. The highest BCUT2D eigenvalue weighted by Crippen LogP contribution is 2.11. The Labute approximate surface area is 167 Å². The zero-order chi connectivity index (χ0) is 19.8. The number of nitrogens with one attached hydrogen (secondary N) is 1. The molecule has 3 rings (SSSR count). The lowest BCUT2D eigenvalue weighted by Crippen LogP contribution is -3.08. The van der Waals surface area contributed by atoms with Gasteiger partial charge in [0.25, 0.3) is 5.91 Å². The number of quaternary nitrogens is 1. The quantitative estimate of drug-likeness (QED) is 0.619. The van der Waals surface area contributed by atoms with Crippen molar-refractivity contribution in [3.8, 4) is 0 Å². The molecule has 0 aliphatic heterocycles. The van der Waals surface area contributed by atoms with Crippen LogP contribution in [0, 0.1) is 0 Å². The third-order valence-corrected chi connectivity index (χ3v) is 4.94. The van der Waals surface area contributed by atoms with Crippen molar-refractivity contribution in [1.82, 2.24) is 4.90 Å². The molecule has 0 aliphatic rings. The molecule has 2 aromatic carbocycles. The lowest BCUT2D eigenvalue weighted by Gasteiger charge is -2.19. The molecule has 0 fully saturated rings. The molecular formula is C24H29N2O2+. The first-order valence-electron chi connectivity index (χ1n) is 9.99. The van der Waals surface area contributed by atoms with Crippen molar-refractivity contribution in [1.29, 1.82) is 0 Å². The summed E-state index contributed by atoms with van der Waals surface area (Å²) in [5, 5.41) is 0. The van der Waals surface area contributed by atoms with Gasteiger partial charge in [0.15, 0.2) is 11.5 Å². The van der Waals surface area contributed by atoms with Crippen LogP contribution in [0.15, 0.2) is 77.2 Å². The van der Waals surface area contributed by atoms with Gasteiger partial charge in [-0.3, -0.25) is 4.79 Å². The fraction of sp³-hybridized carbons (Fsp3) is 0.292. The molecule has 1 aromatic heterocycles. The molecule has 1 N–H and O–H groups in total. The lowest BCUT2D eigenvalue weighted by molar-refractivity contribution is -0.942. The first kappa shape index (κ1) is 19.9. The monoisotopic (exact) mass is 377 g/mol. The van der Waals surface area contributed by atoms with Gasteiger partial charge >= 0.3 is 0 Å². The predicted octanol–water partition coefficient (Wildman–Crippen LogP) is 3.55. The Balaban J connectivity index is 1.74. The van der Waals surface area contributed by atoms with Gasteiger partial charge in [-0.2, -0.15) is 0 Å². The van der Waals surface area contributed by atoms with E-state index < -0.39 is 0 Å². The van der Waals surface area contributed by atoms with Crippen LogP contribution in [-0.2, 0) is 19.6 Å². The van der Waals surface area contributed by atoms with Crippen molar-refractivity contribution in [3.63, 3.8) is 0 Å². The normalized spacial score (nSPS) is 11.0. The molecule has 0 atom stereocenters. The van der Waals surface area contributed by atoms with Gasteiger partial charge in [-0.1, -0.05) is 60.7 Å². The minimum absolute atomic E-state index is 0.0380. The number of furan rings is 1. The minimum atomic E-state index is -0.0380. The second-order valence-electron chi connectivity index (χ2n) is 6.99. The molecule has 0 saturated carbocycles. The van der Waals surface area contributed by atoms with Gasteiger partial charge in [0, 0.05) is 24.2 Å². The van der Waals surface area contributed by atoms with Gasteiger partial charge in [0.2, 0.25) is 0 Å². The summed E-state index contributed by atoms with van der Waals surface area (Å²) in [6.07, 6.45) is 0. The van der Waals surface area contributed by atoms with Gasteiger partial charge in [0.05, 0.1) is 0 Å². The van der Waals surface area contributed by atoms with E-state index >= 15 is 0 Å². The summed E-state index contributed by atoms with van der Waals surface area (Å²) in [7, 11) is 0.